The van der Waals surface area contributed by atoms with Gasteiger partial charge >= 0.3 is 0 Å². The van der Waals surface area contributed by atoms with Gasteiger partial charge in [-0.2, -0.15) is 0 Å². The fourth-order valence-corrected chi connectivity index (χ4v) is 3.81. The first kappa shape index (κ1) is 14.3. The van der Waals surface area contributed by atoms with Crippen LogP contribution in [0.15, 0.2) is 35.8 Å². The summed E-state index contributed by atoms with van der Waals surface area (Å²) >= 11 is 1.55. The Morgan fingerprint density at radius 3 is 2.90 bits per heavy atom. The Kier molecular flexibility index (Phi) is 4.34. The summed E-state index contributed by atoms with van der Waals surface area (Å²) in [6.45, 7) is 3.03. The highest BCUT2D eigenvalue weighted by Crippen LogP contribution is 2.30. The monoisotopic (exact) mass is 300 g/mol. The standard InChI is InChI=1S/C17H20N2OS/c1-2-14-10-6-7-11-19(14)17(20)15-16(21-12-18-15)13-8-4-3-5-9-13/h3-5,8-9,12,14H,2,6-7,10-11H2,1H3. The maximum atomic E-state index is 12.9. The van der Waals surface area contributed by atoms with Gasteiger partial charge < -0.3 is 4.90 Å². The summed E-state index contributed by atoms with van der Waals surface area (Å²) in [4.78, 5) is 20.3. The fourth-order valence-electron chi connectivity index (χ4n) is 3.02. The molecule has 1 aromatic heterocycles. The molecule has 0 aliphatic carbocycles. The number of nitrogens with zero attached hydrogens (tertiary/aromatic N) is 2. The van der Waals surface area contributed by atoms with E-state index in [0.29, 0.717) is 11.7 Å². The summed E-state index contributed by atoms with van der Waals surface area (Å²) < 4.78 is 0. The van der Waals surface area contributed by atoms with Crippen molar-refractivity contribution in [2.45, 2.75) is 38.6 Å². The van der Waals surface area contributed by atoms with Crippen LogP contribution < -0.4 is 0 Å². The lowest BCUT2D eigenvalue weighted by Gasteiger charge is -2.35. The highest BCUT2D eigenvalue weighted by atomic mass is 32.1. The number of likely N-dealkylation sites (tertiary alicyclic amines) is 1. The van der Waals surface area contributed by atoms with Crippen molar-refractivity contribution in [1.82, 2.24) is 9.88 Å². The molecule has 2 aromatic rings. The van der Waals surface area contributed by atoms with E-state index in [4.69, 9.17) is 0 Å². The van der Waals surface area contributed by atoms with Gasteiger partial charge in [0, 0.05) is 12.6 Å². The summed E-state index contributed by atoms with van der Waals surface area (Å²) in [5.41, 5.74) is 3.47. The second kappa shape index (κ2) is 6.39. The Labute approximate surface area is 129 Å². The molecule has 1 aliphatic heterocycles. The van der Waals surface area contributed by atoms with E-state index in [2.05, 4.69) is 11.9 Å². The van der Waals surface area contributed by atoms with Crippen molar-refractivity contribution in [3.63, 3.8) is 0 Å². The molecular formula is C17H20N2OS. The molecule has 1 fully saturated rings. The molecule has 1 amide bonds. The lowest BCUT2D eigenvalue weighted by Crippen LogP contribution is -2.43. The Bertz CT molecular complexity index is 608. The molecule has 21 heavy (non-hydrogen) atoms. The van der Waals surface area contributed by atoms with Crippen molar-refractivity contribution in [2.75, 3.05) is 6.54 Å². The summed E-state index contributed by atoms with van der Waals surface area (Å²) in [6, 6.07) is 10.4. The van der Waals surface area contributed by atoms with Crippen LogP contribution in [-0.2, 0) is 0 Å². The van der Waals surface area contributed by atoms with Crippen molar-refractivity contribution < 1.29 is 4.79 Å². The van der Waals surface area contributed by atoms with Crippen molar-refractivity contribution >= 4 is 17.2 Å². The smallest absolute Gasteiger partial charge is 0.274 e. The number of thiazole rings is 1. The molecule has 1 atom stereocenters. The Morgan fingerprint density at radius 1 is 1.33 bits per heavy atom. The molecule has 1 saturated heterocycles. The first-order chi connectivity index (χ1) is 10.3. The minimum atomic E-state index is 0.0988. The molecular weight excluding hydrogens is 280 g/mol. The van der Waals surface area contributed by atoms with Gasteiger partial charge in [-0.25, -0.2) is 4.98 Å². The minimum Gasteiger partial charge on any atom is -0.334 e. The van der Waals surface area contributed by atoms with Crippen LogP contribution in [0.25, 0.3) is 10.4 Å². The summed E-state index contributed by atoms with van der Waals surface area (Å²) in [7, 11) is 0. The van der Waals surface area contributed by atoms with Crippen molar-refractivity contribution in [3.05, 3.63) is 41.5 Å². The molecule has 1 aromatic carbocycles. The van der Waals surface area contributed by atoms with Crippen LogP contribution in [0.2, 0.25) is 0 Å². The highest BCUT2D eigenvalue weighted by molar-refractivity contribution is 7.13. The molecule has 0 bridgehead atoms. The number of aromatic nitrogens is 1. The number of carbonyl (C=O) groups excluding carboxylic acids is 1. The number of piperidine rings is 1. The van der Waals surface area contributed by atoms with E-state index in [0.717, 1.165) is 36.2 Å². The molecule has 4 heteroatoms. The van der Waals surface area contributed by atoms with Crippen molar-refractivity contribution in [2.24, 2.45) is 0 Å². The molecule has 0 spiro atoms. The van der Waals surface area contributed by atoms with Crippen LogP contribution in [0.3, 0.4) is 0 Å². The normalized spacial score (nSPS) is 18.7. The van der Waals surface area contributed by atoms with Gasteiger partial charge in [0.2, 0.25) is 0 Å². The number of benzene rings is 1. The zero-order valence-electron chi connectivity index (χ0n) is 12.3. The molecule has 110 valence electrons. The van der Waals surface area contributed by atoms with Crippen LogP contribution in [0.5, 0.6) is 0 Å². The van der Waals surface area contributed by atoms with Gasteiger partial charge in [-0.15, -0.1) is 11.3 Å². The van der Waals surface area contributed by atoms with Gasteiger partial charge in [0.1, 0.15) is 5.69 Å². The Balaban J connectivity index is 1.90. The zero-order valence-corrected chi connectivity index (χ0v) is 13.1. The average Bonchev–Trinajstić information content (AvgIpc) is 3.04. The maximum Gasteiger partial charge on any atom is 0.274 e. The van der Waals surface area contributed by atoms with E-state index in [1.807, 2.05) is 35.2 Å². The van der Waals surface area contributed by atoms with Crippen LogP contribution >= 0.6 is 11.3 Å². The predicted molar refractivity (Wildman–Crippen MR) is 86.5 cm³/mol. The van der Waals surface area contributed by atoms with Gasteiger partial charge in [-0.3, -0.25) is 4.79 Å². The summed E-state index contributed by atoms with van der Waals surface area (Å²) in [5, 5.41) is 0. The minimum absolute atomic E-state index is 0.0988. The van der Waals surface area contributed by atoms with E-state index in [1.54, 1.807) is 16.8 Å². The number of rotatable bonds is 3. The largest absolute Gasteiger partial charge is 0.334 e. The van der Waals surface area contributed by atoms with Gasteiger partial charge in [-0.05, 0) is 31.2 Å². The van der Waals surface area contributed by atoms with Gasteiger partial charge in [0.15, 0.2) is 0 Å². The molecule has 3 nitrogen and oxygen atoms in total. The van der Waals surface area contributed by atoms with Gasteiger partial charge in [0.05, 0.1) is 10.4 Å². The van der Waals surface area contributed by atoms with Gasteiger partial charge in [-0.1, -0.05) is 37.3 Å². The van der Waals surface area contributed by atoms with Crippen LogP contribution in [-0.4, -0.2) is 28.4 Å². The third-order valence-electron chi connectivity index (χ3n) is 4.17. The summed E-state index contributed by atoms with van der Waals surface area (Å²) in [6.07, 6.45) is 4.47. The van der Waals surface area contributed by atoms with Crippen LogP contribution in [0.4, 0.5) is 0 Å². The molecule has 2 heterocycles. The quantitative estimate of drug-likeness (QED) is 0.850. The maximum absolute atomic E-state index is 12.9. The first-order valence-electron chi connectivity index (χ1n) is 7.61. The number of hydrogen-bond acceptors (Lipinski definition) is 3. The number of amides is 1. The molecule has 1 aliphatic rings. The first-order valence-corrected chi connectivity index (χ1v) is 8.49. The summed E-state index contributed by atoms with van der Waals surface area (Å²) in [5.74, 6) is 0.0988. The second-order valence-corrected chi connectivity index (χ2v) is 6.31. The molecule has 1 unspecified atom stereocenters. The van der Waals surface area contributed by atoms with Crippen molar-refractivity contribution in [3.8, 4) is 10.4 Å². The molecule has 0 N–H and O–H groups in total. The van der Waals surface area contributed by atoms with Crippen LogP contribution in [0, 0.1) is 0 Å². The van der Waals surface area contributed by atoms with Crippen molar-refractivity contribution in [1.29, 1.82) is 0 Å². The lowest BCUT2D eigenvalue weighted by molar-refractivity contribution is 0.0603. The van der Waals surface area contributed by atoms with E-state index in [1.165, 1.54) is 6.42 Å². The van der Waals surface area contributed by atoms with Crippen LogP contribution in [0.1, 0.15) is 43.1 Å². The van der Waals surface area contributed by atoms with E-state index in [9.17, 15) is 4.79 Å². The Hall–Kier alpha value is -1.68. The van der Waals surface area contributed by atoms with E-state index < -0.39 is 0 Å². The third-order valence-corrected chi connectivity index (χ3v) is 5.04. The Morgan fingerprint density at radius 2 is 2.14 bits per heavy atom. The topological polar surface area (TPSA) is 33.2 Å². The second-order valence-electron chi connectivity index (χ2n) is 5.45. The molecule has 3 rings (SSSR count). The number of hydrogen-bond donors (Lipinski definition) is 0. The molecule has 0 radical (unpaired) electrons. The zero-order chi connectivity index (χ0) is 14.7. The lowest BCUT2D eigenvalue weighted by atomic mass is 9.99. The van der Waals surface area contributed by atoms with Gasteiger partial charge in [0.25, 0.3) is 5.91 Å². The molecule has 0 saturated carbocycles. The predicted octanol–water partition coefficient (Wildman–Crippen LogP) is 4.21. The third kappa shape index (κ3) is 2.86. The SMILES string of the molecule is CCC1CCCCN1C(=O)c1ncsc1-c1ccccc1. The fraction of sp³-hybridized carbons (Fsp3) is 0.412. The number of carbonyl (C=O) groups is 1. The highest BCUT2D eigenvalue weighted by Gasteiger charge is 2.29. The van der Waals surface area contributed by atoms with E-state index >= 15 is 0 Å². The average molecular weight is 300 g/mol. The van der Waals surface area contributed by atoms with E-state index in [-0.39, 0.29) is 5.91 Å².